The molecule has 1 aromatic heterocycles. The second kappa shape index (κ2) is 7.21. The van der Waals surface area contributed by atoms with E-state index in [-0.39, 0.29) is 0 Å². The second-order valence-corrected chi connectivity index (χ2v) is 9.19. The zero-order valence-electron chi connectivity index (χ0n) is 14.1. The highest BCUT2D eigenvalue weighted by molar-refractivity contribution is 7.89. The Morgan fingerprint density at radius 1 is 1.12 bits per heavy atom. The van der Waals surface area contributed by atoms with E-state index in [1.54, 1.807) is 27.8 Å². The van der Waals surface area contributed by atoms with Gasteiger partial charge in [0.25, 0.3) is 0 Å². The molecular weight excluding hydrogens is 342 g/mol. The molecule has 1 aliphatic rings. The van der Waals surface area contributed by atoms with Crippen LogP contribution in [-0.4, -0.2) is 43.9 Å². The maximum absolute atomic E-state index is 12.8. The van der Waals surface area contributed by atoms with Gasteiger partial charge in [-0.3, -0.25) is 0 Å². The zero-order chi connectivity index (χ0) is 17.2. The molecule has 2 aromatic rings. The molecule has 0 radical (unpaired) electrons. The zero-order valence-corrected chi connectivity index (χ0v) is 15.7. The van der Waals surface area contributed by atoms with Crippen LogP contribution in [-0.2, 0) is 16.4 Å². The van der Waals surface area contributed by atoms with Crippen molar-refractivity contribution in [2.45, 2.75) is 31.6 Å². The molecule has 0 N–H and O–H groups in total. The molecule has 0 saturated carbocycles. The summed E-state index contributed by atoms with van der Waals surface area (Å²) in [6.07, 6.45) is 3.90. The first-order valence-corrected chi connectivity index (χ1v) is 10.5. The van der Waals surface area contributed by atoms with E-state index in [1.807, 2.05) is 25.3 Å². The molecule has 1 aromatic carbocycles. The highest BCUT2D eigenvalue weighted by Gasteiger charge is 2.29. The van der Waals surface area contributed by atoms with Gasteiger partial charge in [-0.2, -0.15) is 4.31 Å². The minimum absolute atomic E-state index is 0.390. The van der Waals surface area contributed by atoms with Gasteiger partial charge in [-0.1, -0.05) is 25.5 Å². The molecule has 7 heteroatoms. The number of thiazole rings is 1. The van der Waals surface area contributed by atoms with Crippen LogP contribution in [0.4, 0.5) is 5.13 Å². The minimum Gasteiger partial charge on any atom is -0.345 e. The summed E-state index contributed by atoms with van der Waals surface area (Å²) >= 11 is 1.65. The maximum atomic E-state index is 12.8. The molecule has 0 bridgehead atoms. The number of anilines is 1. The Kier molecular flexibility index (Phi) is 5.22. The van der Waals surface area contributed by atoms with E-state index in [2.05, 4.69) is 16.8 Å². The lowest BCUT2D eigenvalue weighted by Gasteiger charge is -2.33. The van der Waals surface area contributed by atoms with E-state index in [9.17, 15) is 8.42 Å². The largest absolute Gasteiger partial charge is 0.345 e. The number of hydrogen-bond donors (Lipinski definition) is 0. The van der Waals surface area contributed by atoms with Crippen LogP contribution in [0.2, 0.25) is 0 Å². The molecule has 0 aliphatic carbocycles. The summed E-state index contributed by atoms with van der Waals surface area (Å²) in [4.78, 5) is 8.11. The number of aromatic nitrogens is 1. The smallest absolute Gasteiger partial charge is 0.243 e. The first-order chi connectivity index (χ1) is 11.5. The Morgan fingerprint density at radius 3 is 2.33 bits per heavy atom. The van der Waals surface area contributed by atoms with Gasteiger partial charge in [-0.15, -0.1) is 11.3 Å². The van der Waals surface area contributed by atoms with Crippen molar-refractivity contribution in [2.75, 3.05) is 31.1 Å². The van der Waals surface area contributed by atoms with Gasteiger partial charge in [0.15, 0.2) is 5.13 Å². The van der Waals surface area contributed by atoms with Crippen LogP contribution in [0.15, 0.2) is 35.4 Å². The number of aryl methyl sites for hydroxylation is 2. The molecular formula is C17H23N3O2S2. The van der Waals surface area contributed by atoms with Gasteiger partial charge in [0.1, 0.15) is 0 Å². The van der Waals surface area contributed by atoms with Crippen LogP contribution < -0.4 is 4.90 Å². The van der Waals surface area contributed by atoms with Gasteiger partial charge in [0.2, 0.25) is 10.0 Å². The third kappa shape index (κ3) is 3.63. The summed E-state index contributed by atoms with van der Waals surface area (Å²) in [5.74, 6) is 0. The third-order valence-electron chi connectivity index (χ3n) is 4.22. The van der Waals surface area contributed by atoms with Gasteiger partial charge < -0.3 is 4.90 Å². The molecule has 3 rings (SSSR count). The number of sulfonamides is 1. The standard InChI is InChI=1S/C17H23N3O2S2/c1-3-4-15-5-7-16(8-6-15)24(21,22)20-11-9-19(10-12-20)17-18-13-14(2)23-17/h5-8,13H,3-4,9-12H2,1-2H3. The van der Waals surface area contributed by atoms with Gasteiger partial charge in [0, 0.05) is 37.3 Å². The van der Waals surface area contributed by atoms with Crippen molar-refractivity contribution in [2.24, 2.45) is 0 Å². The highest BCUT2D eigenvalue weighted by atomic mass is 32.2. The van der Waals surface area contributed by atoms with E-state index in [1.165, 1.54) is 10.4 Å². The molecule has 1 fully saturated rings. The van der Waals surface area contributed by atoms with Crippen molar-refractivity contribution < 1.29 is 8.42 Å². The first kappa shape index (κ1) is 17.4. The monoisotopic (exact) mass is 365 g/mol. The predicted molar refractivity (Wildman–Crippen MR) is 98.3 cm³/mol. The van der Waals surface area contributed by atoms with Crippen LogP contribution in [0, 0.1) is 6.92 Å². The third-order valence-corrected chi connectivity index (χ3v) is 7.10. The van der Waals surface area contributed by atoms with Crippen molar-refractivity contribution in [1.29, 1.82) is 0 Å². The van der Waals surface area contributed by atoms with Crippen molar-refractivity contribution in [1.82, 2.24) is 9.29 Å². The Morgan fingerprint density at radius 2 is 1.79 bits per heavy atom. The van der Waals surface area contributed by atoms with E-state index >= 15 is 0 Å². The molecule has 130 valence electrons. The van der Waals surface area contributed by atoms with Gasteiger partial charge in [-0.25, -0.2) is 13.4 Å². The van der Waals surface area contributed by atoms with Gasteiger partial charge >= 0.3 is 0 Å². The maximum Gasteiger partial charge on any atom is 0.243 e. The molecule has 0 amide bonds. The normalized spacial score (nSPS) is 16.5. The number of hydrogen-bond acceptors (Lipinski definition) is 5. The van der Waals surface area contributed by atoms with Crippen LogP contribution in [0.1, 0.15) is 23.8 Å². The van der Waals surface area contributed by atoms with Crippen molar-refractivity contribution in [3.8, 4) is 0 Å². The van der Waals surface area contributed by atoms with Crippen LogP contribution in [0.25, 0.3) is 0 Å². The number of benzene rings is 1. The van der Waals surface area contributed by atoms with Crippen LogP contribution in [0.5, 0.6) is 0 Å². The molecule has 2 heterocycles. The Labute approximate surface area is 148 Å². The fourth-order valence-corrected chi connectivity index (χ4v) is 5.11. The fourth-order valence-electron chi connectivity index (χ4n) is 2.87. The number of piperazine rings is 1. The second-order valence-electron chi connectivity index (χ2n) is 6.04. The van der Waals surface area contributed by atoms with Crippen LogP contribution in [0.3, 0.4) is 0 Å². The van der Waals surface area contributed by atoms with Gasteiger partial charge in [0.05, 0.1) is 4.90 Å². The summed E-state index contributed by atoms with van der Waals surface area (Å²) in [6.45, 7) is 6.51. The Balaban J connectivity index is 1.68. The van der Waals surface area contributed by atoms with E-state index in [0.29, 0.717) is 31.1 Å². The molecule has 1 saturated heterocycles. The topological polar surface area (TPSA) is 53.5 Å². The lowest BCUT2D eigenvalue weighted by Crippen LogP contribution is -2.48. The SMILES string of the molecule is CCCc1ccc(S(=O)(=O)N2CCN(c3ncc(C)s3)CC2)cc1. The molecule has 5 nitrogen and oxygen atoms in total. The van der Waals surface area contributed by atoms with Crippen molar-refractivity contribution in [3.63, 3.8) is 0 Å². The lowest BCUT2D eigenvalue weighted by atomic mass is 10.1. The minimum atomic E-state index is -3.40. The van der Waals surface area contributed by atoms with E-state index < -0.39 is 10.0 Å². The summed E-state index contributed by atoms with van der Waals surface area (Å²) in [7, 11) is -3.40. The molecule has 1 aliphatic heterocycles. The van der Waals surface area contributed by atoms with Crippen molar-refractivity contribution in [3.05, 3.63) is 40.9 Å². The summed E-state index contributed by atoms with van der Waals surface area (Å²) in [5.41, 5.74) is 1.18. The Hall–Kier alpha value is -1.44. The Bertz CT molecular complexity index is 776. The van der Waals surface area contributed by atoms with E-state index in [4.69, 9.17) is 0 Å². The molecule has 0 spiro atoms. The molecule has 0 unspecified atom stereocenters. The number of nitrogens with zero attached hydrogens (tertiary/aromatic N) is 3. The molecule has 24 heavy (non-hydrogen) atoms. The quantitative estimate of drug-likeness (QED) is 0.817. The summed E-state index contributed by atoms with van der Waals surface area (Å²) in [5, 5.41) is 0.980. The summed E-state index contributed by atoms with van der Waals surface area (Å²) in [6, 6.07) is 7.31. The fraction of sp³-hybridized carbons (Fsp3) is 0.471. The first-order valence-electron chi connectivity index (χ1n) is 8.27. The van der Waals surface area contributed by atoms with Crippen molar-refractivity contribution >= 4 is 26.5 Å². The predicted octanol–water partition coefficient (Wildman–Crippen LogP) is 2.91. The van der Waals surface area contributed by atoms with Crippen LogP contribution >= 0.6 is 11.3 Å². The van der Waals surface area contributed by atoms with E-state index in [0.717, 1.165) is 18.0 Å². The number of rotatable bonds is 5. The lowest BCUT2D eigenvalue weighted by molar-refractivity contribution is 0.384. The average Bonchev–Trinajstić information content (AvgIpc) is 3.02. The summed E-state index contributed by atoms with van der Waals surface area (Å²) < 4.78 is 27.2. The highest BCUT2D eigenvalue weighted by Crippen LogP contribution is 2.25. The van der Waals surface area contributed by atoms with Gasteiger partial charge in [-0.05, 0) is 31.0 Å². The average molecular weight is 366 g/mol. The molecule has 0 atom stereocenters.